The number of aryl methyl sites for hydroxylation is 1. The lowest BCUT2D eigenvalue weighted by Gasteiger charge is -2.34. The van der Waals surface area contributed by atoms with Crippen LogP contribution in [0.4, 0.5) is 18.9 Å². The van der Waals surface area contributed by atoms with Gasteiger partial charge in [0.1, 0.15) is 0 Å². The number of likely N-dealkylation sites (N-methyl/N-ethyl adjacent to an activating group) is 1. The third kappa shape index (κ3) is 5.81. The molecule has 1 N–H and O–H groups in total. The topological polar surface area (TPSA) is 35.6 Å². The minimum absolute atomic E-state index is 0.140. The predicted molar refractivity (Wildman–Crippen MR) is 107 cm³/mol. The fourth-order valence-corrected chi connectivity index (χ4v) is 3.38. The largest absolute Gasteiger partial charge is 0.416 e. The number of alkyl halides is 3. The molecule has 0 aromatic heterocycles. The highest BCUT2D eigenvalue weighted by Crippen LogP contribution is 2.32. The van der Waals surface area contributed by atoms with E-state index in [4.69, 9.17) is 0 Å². The maximum absolute atomic E-state index is 13.4. The number of hydrogen-bond acceptors (Lipinski definition) is 3. The van der Waals surface area contributed by atoms with Crippen LogP contribution in [0, 0.1) is 13.0 Å². The molecule has 1 heterocycles. The summed E-state index contributed by atoms with van der Waals surface area (Å²) in [6, 6.07) is 11.6. The SMILES string of the molecule is CCN1CCN(Cc2cc(NC(=O)c3[c]cc(C)cc3)cc(C(F)(F)F)c2)CC1. The Balaban J connectivity index is 1.78. The van der Waals surface area contributed by atoms with Crippen molar-refractivity contribution in [2.75, 3.05) is 38.0 Å². The van der Waals surface area contributed by atoms with Gasteiger partial charge in [-0.3, -0.25) is 9.69 Å². The van der Waals surface area contributed by atoms with Gasteiger partial charge in [0.15, 0.2) is 0 Å². The molecule has 29 heavy (non-hydrogen) atoms. The second-order valence-electron chi connectivity index (χ2n) is 7.36. The number of amides is 1. The van der Waals surface area contributed by atoms with Gasteiger partial charge in [-0.25, -0.2) is 0 Å². The first-order valence-corrected chi connectivity index (χ1v) is 9.70. The average molecular weight is 404 g/mol. The second-order valence-corrected chi connectivity index (χ2v) is 7.36. The molecule has 2 aromatic carbocycles. The third-order valence-corrected chi connectivity index (χ3v) is 5.11. The smallest absolute Gasteiger partial charge is 0.322 e. The van der Waals surface area contributed by atoms with Crippen LogP contribution in [0.15, 0.2) is 36.4 Å². The zero-order chi connectivity index (χ0) is 21.0. The van der Waals surface area contributed by atoms with Gasteiger partial charge in [0.05, 0.1) is 5.56 Å². The van der Waals surface area contributed by atoms with E-state index in [1.54, 1.807) is 24.3 Å². The number of carbonyl (C=O) groups is 1. The Hall–Kier alpha value is -2.38. The van der Waals surface area contributed by atoms with Crippen molar-refractivity contribution in [2.24, 2.45) is 0 Å². The van der Waals surface area contributed by atoms with Gasteiger partial charge >= 0.3 is 6.18 Å². The molecular weight excluding hydrogens is 379 g/mol. The Morgan fingerprint density at radius 3 is 2.38 bits per heavy atom. The molecular formula is C22H25F3N3O. The lowest BCUT2D eigenvalue weighted by molar-refractivity contribution is -0.137. The summed E-state index contributed by atoms with van der Waals surface area (Å²) in [5, 5.41) is 2.59. The van der Waals surface area contributed by atoms with E-state index in [1.807, 2.05) is 6.92 Å². The molecule has 0 aliphatic carbocycles. The van der Waals surface area contributed by atoms with Gasteiger partial charge in [0.25, 0.3) is 5.91 Å². The number of benzene rings is 2. The molecule has 1 aliphatic rings. The molecule has 0 atom stereocenters. The number of piperazine rings is 1. The van der Waals surface area contributed by atoms with Crippen molar-refractivity contribution in [3.05, 3.63) is 64.7 Å². The Kier molecular flexibility index (Phi) is 6.59. The van der Waals surface area contributed by atoms with Gasteiger partial charge < -0.3 is 10.2 Å². The van der Waals surface area contributed by atoms with Crippen molar-refractivity contribution in [3.63, 3.8) is 0 Å². The molecule has 2 aromatic rings. The molecule has 3 rings (SSSR count). The first-order valence-electron chi connectivity index (χ1n) is 9.70. The molecule has 0 saturated carbocycles. The lowest BCUT2D eigenvalue weighted by atomic mass is 10.1. The van der Waals surface area contributed by atoms with Crippen molar-refractivity contribution in [2.45, 2.75) is 26.6 Å². The highest BCUT2D eigenvalue weighted by Gasteiger charge is 2.31. The van der Waals surface area contributed by atoms with Crippen LogP contribution in [0.25, 0.3) is 0 Å². The summed E-state index contributed by atoms with van der Waals surface area (Å²) in [4.78, 5) is 16.9. The number of carbonyl (C=O) groups excluding carboxylic acids is 1. The number of nitrogens with one attached hydrogen (secondary N) is 1. The molecule has 1 amide bonds. The molecule has 1 fully saturated rings. The summed E-state index contributed by atoms with van der Waals surface area (Å²) in [7, 11) is 0. The van der Waals surface area contributed by atoms with Crippen molar-refractivity contribution in [1.82, 2.24) is 9.80 Å². The Bertz CT molecular complexity index is 841. The maximum atomic E-state index is 13.4. The van der Waals surface area contributed by atoms with E-state index in [1.165, 1.54) is 6.07 Å². The van der Waals surface area contributed by atoms with Crippen molar-refractivity contribution >= 4 is 11.6 Å². The summed E-state index contributed by atoms with van der Waals surface area (Å²) in [5.41, 5.74) is 1.15. The Morgan fingerprint density at radius 1 is 1.10 bits per heavy atom. The zero-order valence-electron chi connectivity index (χ0n) is 16.6. The minimum Gasteiger partial charge on any atom is -0.322 e. The average Bonchev–Trinajstić information content (AvgIpc) is 2.68. The van der Waals surface area contributed by atoms with E-state index in [9.17, 15) is 18.0 Å². The zero-order valence-corrected chi connectivity index (χ0v) is 16.6. The molecule has 1 saturated heterocycles. The number of rotatable bonds is 5. The summed E-state index contributed by atoms with van der Waals surface area (Å²) in [6.45, 7) is 8.80. The summed E-state index contributed by atoms with van der Waals surface area (Å²) >= 11 is 0. The van der Waals surface area contributed by atoms with E-state index in [2.05, 4.69) is 28.1 Å². The van der Waals surface area contributed by atoms with E-state index < -0.39 is 17.6 Å². The van der Waals surface area contributed by atoms with Crippen LogP contribution in [0.1, 0.15) is 34.0 Å². The number of nitrogens with zero attached hydrogens (tertiary/aromatic N) is 2. The summed E-state index contributed by atoms with van der Waals surface area (Å²) in [5.74, 6) is -0.480. The van der Waals surface area contributed by atoms with Crippen molar-refractivity contribution in [3.8, 4) is 0 Å². The first-order chi connectivity index (χ1) is 13.7. The first kappa shape index (κ1) is 21.3. The van der Waals surface area contributed by atoms with E-state index in [0.29, 0.717) is 12.1 Å². The van der Waals surface area contributed by atoms with Crippen LogP contribution in [0.2, 0.25) is 0 Å². The van der Waals surface area contributed by atoms with Gasteiger partial charge in [0.2, 0.25) is 0 Å². The monoisotopic (exact) mass is 404 g/mol. The van der Waals surface area contributed by atoms with E-state index in [-0.39, 0.29) is 11.3 Å². The van der Waals surface area contributed by atoms with Gasteiger partial charge in [-0.2, -0.15) is 13.2 Å². The van der Waals surface area contributed by atoms with Crippen LogP contribution < -0.4 is 5.32 Å². The molecule has 0 spiro atoms. The molecule has 155 valence electrons. The van der Waals surface area contributed by atoms with Crippen LogP contribution in [-0.4, -0.2) is 48.4 Å². The summed E-state index contributed by atoms with van der Waals surface area (Å²) in [6.07, 6.45) is -4.48. The van der Waals surface area contributed by atoms with Gasteiger partial charge in [-0.15, -0.1) is 0 Å². The highest BCUT2D eigenvalue weighted by atomic mass is 19.4. The normalized spacial score (nSPS) is 16.0. The number of anilines is 1. The van der Waals surface area contributed by atoms with Crippen LogP contribution in [-0.2, 0) is 12.7 Å². The molecule has 0 bridgehead atoms. The van der Waals surface area contributed by atoms with E-state index in [0.717, 1.165) is 44.4 Å². The molecule has 4 nitrogen and oxygen atoms in total. The second kappa shape index (κ2) is 8.97. The van der Waals surface area contributed by atoms with Gasteiger partial charge in [-0.1, -0.05) is 24.6 Å². The fourth-order valence-electron chi connectivity index (χ4n) is 3.38. The molecule has 0 unspecified atom stereocenters. The van der Waals surface area contributed by atoms with Gasteiger partial charge in [0, 0.05) is 44.0 Å². The molecule has 1 aliphatic heterocycles. The fraction of sp³-hybridized carbons (Fsp3) is 0.409. The summed E-state index contributed by atoms with van der Waals surface area (Å²) < 4.78 is 40.2. The van der Waals surface area contributed by atoms with Crippen molar-refractivity contribution < 1.29 is 18.0 Å². The van der Waals surface area contributed by atoms with E-state index >= 15 is 0 Å². The quantitative estimate of drug-likeness (QED) is 0.811. The van der Waals surface area contributed by atoms with Crippen LogP contribution in [0.5, 0.6) is 0 Å². The number of halogens is 3. The standard InChI is InChI=1S/C22H25F3N3O/c1-3-27-8-10-28(11-9-27)15-17-12-19(22(23,24)25)14-20(13-17)26-21(29)18-6-4-16(2)5-7-18/h4-6,12-14H,3,8-11,15H2,1-2H3,(H,26,29). The van der Waals surface area contributed by atoms with Crippen LogP contribution in [0.3, 0.4) is 0 Å². The molecule has 1 radical (unpaired) electrons. The maximum Gasteiger partial charge on any atom is 0.416 e. The Morgan fingerprint density at radius 2 is 1.79 bits per heavy atom. The van der Waals surface area contributed by atoms with Crippen molar-refractivity contribution in [1.29, 1.82) is 0 Å². The Labute approximate surface area is 169 Å². The third-order valence-electron chi connectivity index (χ3n) is 5.11. The lowest BCUT2D eigenvalue weighted by Crippen LogP contribution is -2.45. The highest BCUT2D eigenvalue weighted by molar-refractivity contribution is 6.04. The van der Waals surface area contributed by atoms with Gasteiger partial charge in [-0.05, 0) is 49.4 Å². The molecule has 7 heteroatoms. The minimum atomic E-state index is -4.48. The number of hydrogen-bond donors (Lipinski definition) is 1. The predicted octanol–water partition coefficient (Wildman–Crippen LogP) is 4.20. The van der Waals surface area contributed by atoms with Crippen LogP contribution >= 0.6 is 0 Å².